The normalized spacial score (nSPS) is 16.4. The van der Waals surface area contributed by atoms with Crippen molar-refractivity contribution >= 4 is 6.08 Å². The summed E-state index contributed by atoms with van der Waals surface area (Å²) in [5, 5.41) is 0. The summed E-state index contributed by atoms with van der Waals surface area (Å²) in [5.74, 6) is -0.196. The van der Waals surface area contributed by atoms with Crippen molar-refractivity contribution in [2.45, 2.75) is 25.7 Å². The lowest BCUT2D eigenvalue weighted by Gasteiger charge is -2.09. The Balaban J connectivity index is 2.24. The fraction of sp³-hybridized carbons (Fsp3) is 0.333. The number of benzene rings is 1. The zero-order valence-corrected chi connectivity index (χ0v) is 9.21. The van der Waals surface area contributed by atoms with Gasteiger partial charge >= 0.3 is 6.36 Å². The number of rotatable bonds is 2. The van der Waals surface area contributed by atoms with E-state index in [0.29, 0.717) is 6.42 Å². The molecule has 0 heterocycles. The summed E-state index contributed by atoms with van der Waals surface area (Å²) in [7, 11) is 0. The highest BCUT2D eigenvalue weighted by molar-refractivity contribution is 5.66. The van der Waals surface area contributed by atoms with Crippen molar-refractivity contribution < 1.29 is 17.9 Å². The highest BCUT2D eigenvalue weighted by Crippen LogP contribution is 2.31. The molecular formula is C12H12F3NO. The van der Waals surface area contributed by atoms with Gasteiger partial charge in [0.1, 0.15) is 5.75 Å². The molecule has 17 heavy (non-hydrogen) atoms. The van der Waals surface area contributed by atoms with Gasteiger partial charge in [0.05, 0.1) is 0 Å². The summed E-state index contributed by atoms with van der Waals surface area (Å²) in [6, 6.07) is 4.26. The van der Waals surface area contributed by atoms with Gasteiger partial charge in [-0.2, -0.15) is 0 Å². The van der Waals surface area contributed by atoms with Gasteiger partial charge in [-0.3, -0.25) is 0 Å². The van der Waals surface area contributed by atoms with Crippen LogP contribution in [0.25, 0.3) is 6.08 Å². The first-order valence-electron chi connectivity index (χ1n) is 5.20. The zero-order chi connectivity index (χ0) is 12.6. The van der Waals surface area contributed by atoms with Crippen LogP contribution in [0.5, 0.6) is 5.75 Å². The Hall–Kier alpha value is -1.49. The van der Waals surface area contributed by atoms with Gasteiger partial charge in [-0.05, 0) is 42.2 Å². The first kappa shape index (κ1) is 12.0. The Morgan fingerprint density at radius 2 is 2.06 bits per heavy atom. The van der Waals surface area contributed by atoms with E-state index in [2.05, 4.69) is 4.74 Å². The maximum absolute atomic E-state index is 12.0. The van der Waals surface area contributed by atoms with E-state index >= 15 is 0 Å². The molecule has 0 radical (unpaired) electrons. The number of hydrogen-bond acceptors (Lipinski definition) is 2. The van der Waals surface area contributed by atoms with Crippen molar-refractivity contribution in [3.8, 4) is 5.75 Å². The van der Waals surface area contributed by atoms with E-state index in [0.717, 1.165) is 16.7 Å². The number of hydrogen-bond donors (Lipinski definition) is 1. The van der Waals surface area contributed by atoms with E-state index in [-0.39, 0.29) is 11.8 Å². The van der Waals surface area contributed by atoms with Crippen LogP contribution in [0.2, 0.25) is 0 Å². The number of alkyl halides is 3. The first-order valence-corrected chi connectivity index (χ1v) is 5.20. The molecule has 0 fully saturated rings. The fourth-order valence-electron chi connectivity index (χ4n) is 1.83. The molecule has 2 nitrogen and oxygen atoms in total. The standard InChI is InChI=1S/C12H12F3NO/c1-7(16)9-4-8-2-3-11(6-10(8)5-9)17-12(13,14)15/h2-3,5-7H,4,16H2,1H3. The third-order valence-corrected chi connectivity index (χ3v) is 2.67. The molecule has 1 unspecified atom stereocenters. The molecule has 92 valence electrons. The van der Waals surface area contributed by atoms with Gasteiger partial charge in [0.15, 0.2) is 0 Å². The van der Waals surface area contributed by atoms with Crippen LogP contribution in [0.3, 0.4) is 0 Å². The van der Waals surface area contributed by atoms with Gasteiger partial charge in [-0.1, -0.05) is 12.1 Å². The summed E-state index contributed by atoms with van der Waals surface area (Å²) in [6.45, 7) is 1.85. The second-order valence-corrected chi connectivity index (χ2v) is 4.09. The molecule has 0 saturated heterocycles. The number of fused-ring (bicyclic) bond motifs is 1. The summed E-state index contributed by atoms with van der Waals surface area (Å²) in [5.41, 5.74) is 8.48. The highest BCUT2D eigenvalue weighted by atomic mass is 19.4. The first-order chi connectivity index (χ1) is 7.85. The van der Waals surface area contributed by atoms with Gasteiger partial charge in [-0.15, -0.1) is 13.2 Å². The van der Waals surface area contributed by atoms with Crippen molar-refractivity contribution in [1.82, 2.24) is 0 Å². The average molecular weight is 243 g/mol. The maximum atomic E-state index is 12.0. The van der Waals surface area contributed by atoms with E-state index in [1.165, 1.54) is 12.1 Å². The zero-order valence-electron chi connectivity index (χ0n) is 9.21. The lowest BCUT2D eigenvalue weighted by Crippen LogP contribution is -2.17. The molecule has 2 rings (SSSR count). The molecule has 5 heteroatoms. The van der Waals surface area contributed by atoms with Crippen LogP contribution in [0.15, 0.2) is 23.8 Å². The molecule has 1 aliphatic rings. The van der Waals surface area contributed by atoms with Crippen LogP contribution < -0.4 is 10.5 Å². The summed E-state index contributed by atoms with van der Waals surface area (Å²) in [6.07, 6.45) is -2.14. The number of ether oxygens (including phenoxy) is 1. The Bertz CT molecular complexity index is 463. The Labute approximate surface area is 96.9 Å². The molecule has 0 spiro atoms. The lowest BCUT2D eigenvalue weighted by atomic mass is 10.1. The van der Waals surface area contributed by atoms with Gasteiger partial charge < -0.3 is 10.5 Å². The van der Waals surface area contributed by atoms with Crippen molar-refractivity contribution in [3.63, 3.8) is 0 Å². The van der Waals surface area contributed by atoms with Crippen LogP contribution in [-0.2, 0) is 6.42 Å². The SMILES string of the molecule is CC(N)C1=Cc2cc(OC(F)(F)F)ccc2C1. The van der Waals surface area contributed by atoms with Crippen molar-refractivity contribution in [2.75, 3.05) is 0 Å². The van der Waals surface area contributed by atoms with Crippen LogP contribution >= 0.6 is 0 Å². The number of halogens is 3. The Morgan fingerprint density at radius 1 is 1.35 bits per heavy atom. The molecule has 1 aromatic carbocycles. The molecule has 0 aromatic heterocycles. The smallest absolute Gasteiger partial charge is 0.406 e. The van der Waals surface area contributed by atoms with E-state index in [1.54, 1.807) is 6.07 Å². The Morgan fingerprint density at radius 3 is 2.65 bits per heavy atom. The number of nitrogens with two attached hydrogens (primary N) is 1. The maximum Gasteiger partial charge on any atom is 0.573 e. The molecular weight excluding hydrogens is 231 g/mol. The summed E-state index contributed by atoms with van der Waals surface area (Å²) >= 11 is 0. The molecule has 0 amide bonds. The summed E-state index contributed by atoms with van der Waals surface area (Å²) < 4.78 is 40.0. The molecule has 0 bridgehead atoms. The third kappa shape index (κ3) is 2.79. The van der Waals surface area contributed by atoms with Crippen LogP contribution in [0, 0.1) is 0 Å². The van der Waals surface area contributed by atoms with Gasteiger partial charge in [0.2, 0.25) is 0 Å². The largest absolute Gasteiger partial charge is 0.573 e. The van der Waals surface area contributed by atoms with E-state index < -0.39 is 6.36 Å². The van der Waals surface area contributed by atoms with E-state index in [9.17, 15) is 13.2 Å². The van der Waals surface area contributed by atoms with Crippen LogP contribution in [-0.4, -0.2) is 12.4 Å². The van der Waals surface area contributed by atoms with Gasteiger partial charge in [0, 0.05) is 6.04 Å². The van der Waals surface area contributed by atoms with E-state index in [1.807, 2.05) is 13.0 Å². The van der Waals surface area contributed by atoms with Crippen molar-refractivity contribution in [2.24, 2.45) is 5.73 Å². The summed E-state index contributed by atoms with van der Waals surface area (Å²) in [4.78, 5) is 0. The molecule has 0 saturated carbocycles. The molecule has 1 atom stereocenters. The van der Waals surface area contributed by atoms with Crippen molar-refractivity contribution in [1.29, 1.82) is 0 Å². The van der Waals surface area contributed by atoms with Crippen LogP contribution in [0.4, 0.5) is 13.2 Å². The third-order valence-electron chi connectivity index (χ3n) is 2.67. The van der Waals surface area contributed by atoms with Crippen molar-refractivity contribution in [3.05, 3.63) is 34.9 Å². The van der Waals surface area contributed by atoms with E-state index in [4.69, 9.17) is 5.73 Å². The Kier molecular flexibility index (Phi) is 2.87. The lowest BCUT2D eigenvalue weighted by molar-refractivity contribution is -0.274. The van der Waals surface area contributed by atoms with Gasteiger partial charge in [0.25, 0.3) is 0 Å². The minimum atomic E-state index is -4.65. The minimum absolute atomic E-state index is 0.0885. The highest BCUT2D eigenvalue weighted by Gasteiger charge is 2.31. The second kappa shape index (κ2) is 4.07. The predicted molar refractivity (Wildman–Crippen MR) is 58.5 cm³/mol. The minimum Gasteiger partial charge on any atom is -0.406 e. The van der Waals surface area contributed by atoms with Crippen LogP contribution in [0.1, 0.15) is 18.1 Å². The predicted octanol–water partition coefficient (Wildman–Crippen LogP) is 2.87. The van der Waals surface area contributed by atoms with Gasteiger partial charge in [-0.25, -0.2) is 0 Å². The molecule has 1 aromatic rings. The molecule has 2 N–H and O–H groups in total. The topological polar surface area (TPSA) is 35.2 Å². The average Bonchev–Trinajstić information content (AvgIpc) is 2.57. The quantitative estimate of drug-likeness (QED) is 0.866. The second-order valence-electron chi connectivity index (χ2n) is 4.09. The molecule has 1 aliphatic carbocycles. The molecule has 0 aliphatic heterocycles. The monoisotopic (exact) mass is 243 g/mol. The fourth-order valence-corrected chi connectivity index (χ4v) is 1.83.